The standard InChI is InChI=1S/C12H25NO/c1-9(2)13-8-12(14)7-10(3)5-6-11(12)4/h9-11,13-14H,5-8H2,1-4H3. The lowest BCUT2D eigenvalue weighted by molar-refractivity contribution is -0.0558. The summed E-state index contributed by atoms with van der Waals surface area (Å²) >= 11 is 0. The van der Waals surface area contributed by atoms with Gasteiger partial charge in [-0.2, -0.15) is 0 Å². The van der Waals surface area contributed by atoms with Gasteiger partial charge in [-0.25, -0.2) is 0 Å². The molecule has 14 heavy (non-hydrogen) atoms. The van der Waals surface area contributed by atoms with Gasteiger partial charge < -0.3 is 10.4 Å². The van der Waals surface area contributed by atoms with Gasteiger partial charge >= 0.3 is 0 Å². The third-order valence-corrected chi connectivity index (χ3v) is 3.53. The maximum atomic E-state index is 10.5. The van der Waals surface area contributed by atoms with Crippen LogP contribution in [0.3, 0.4) is 0 Å². The summed E-state index contributed by atoms with van der Waals surface area (Å²) in [5.74, 6) is 1.11. The summed E-state index contributed by atoms with van der Waals surface area (Å²) in [6.45, 7) is 9.41. The molecule has 0 saturated heterocycles. The molecule has 3 atom stereocenters. The van der Waals surface area contributed by atoms with Gasteiger partial charge in [-0.1, -0.05) is 34.1 Å². The van der Waals surface area contributed by atoms with E-state index in [4.69, 9.17) is 0 Å². The lowest BCUT2D eigenvalue weighted by Crippen LogP contribution is -2.50. The Morgan fingerprint density at radius 2 is 2.00 bits per heavy atom. The van der Waals surface area contributed by atoms with Gasteiger partial charge in [0.25, 0.3) is 0 Å². The van der Waals surface area contributed by atoms with Crippen molar-refractivity contribution in [3.8, 4) is 0 Å². The van der Waals surface area contributed by atoms with E-state index in [1.807, 2.05) is 0 Å². The van der Waals surface area contributed by atoms with Gasteiger partial charge in [-0.3, -0.25) is 0 Å². The molecule has 1 saturated carbocycles. The van der Waals surface area contributed by atoms with Crippen LogP contribution in [0.25, 0.3) is 0 Å². The summed E-state index contributed by atoms with van der Waals surface area (Å²) in [6.07, 6.45) is 3.39. The fourth-order valence-corrected chi connectivity index (χ4v) is 2.34. The molecule has 84 valence electrons. The van der Waals surface area contributed by atoms with Crippen molar-refractivity contribution >= 4 is 0 Å². The number of nitrogens with one attached hydrogen (secondary N) is 1. The normalized spacial score (nSPS) is 39.0. The van der Waals surface area contributed by atoms with Gasteiger partial charge in [0.15, 0.2) is 0 Å². The van der Waals surface area contributed by atoms with Gasteiger partial charge in [-0.15, -0.1) is 0 Å². The van der Waals surface area contributed by atoms with Crippen molar-refractivity contribution in [3.05, 3.63) is 0 Å². The molecule has 0 bridgehead atoms. The Kier molecular flexibility index (Phi) is 3.96. The Morgan fingerprint density at radius 3 is 2.57 bits per heavy atom. The highest BCUT2D eigenvalue weighted by atomic mass is 16.3. The third kappa shape index (κ3) is 2.96. The second kappa shape index (κ2) is 4.63. The molecule has 2 heteroatoms. The number of aliphatic hydroxyl groups is 1. The van der Waals surface area contributed by atoms with Crippen molar-refractivity contribution in [2.75, 3.05) is 6.54 Å². The monoisotopic (exact) mass is 199 g/mol. The van der Waals surface area contributed by atoms with Crippen LogP contribution in [0.15, 0.2) is 0 Å². The third-order valence-electron chi connectivity index (χ3n) is 3.53. The Hall–Kier alpha value is -0.0800. The van der Waals surface area contributed by atoms with E-state index in [1.165, 1.54) is 6.42 Å². The zero-order chi connectivity index (χ0) is 10.8. The van der Waals surface area contributed by atoms with Crippen LogP contribution in [0.2, 0.25) is 0 Å². The summed E-state index contributed by atoms with van der Waals surface area (Å²) in [7, 11) is 0. The second-order valence-electron chi connectivity index (χ2n) is 5.43. The SMILES string of the molecule is CC1CCC(C)C(O)(CNC(C)C)C1. The van der Waals surface area contributed by atoms with Crippen LogP contribution in [0, 0.1) is 11.8 Å². The zero-order valence-electron chi connectivity index (χ0n) is 10.0. The van der Waals surface area contributed by atoms with Crippen molar-refractivity contribution in [3.63, 3.8) is 0 Å². The van der Waals surface area contributed by atoms with Crippen LogP contribution in [-0.2, 0) is 0 Å². The molecule has 3 unspecified atom stereocenters. The molecule has 0 spiro atoms. The fourth-order valence-electron chi connectivity index (χ4n) is 2.34. The van der Waals surface area contributed by atoms with Crippen molar-refractivity contribution in [2.45, 2.75) is 58.6 Å². The van der Waals surface area contributed by atoms with E-state index in [0.29, 0.717) is 17.9 Å². The largest absolute Gasteiger partial charge is 0.388 e. The number of rotatable bonds is 3. The van der Waals surface area contributed by atoms with Gasteiger partial charge in [0.1, 0.15) is 0 Å². The van der Waals surface area contributed by atoms with Crippen LogP contribution >= 0.6 is 0 Å². The van der Waals surface area contributed by atoms with Crippen LogP contribution in [0.1, 0.15) is 47.0 Å². The van der Waals surface area contributed by atoms with Crippen molar-refractivity contribution in [1.82, 2.24) is 5.32 Å². The predicted molar refractivity (Wildman–Crippen MR) is 60.3 cm³/mol. The first-order valence-electron chi connectivity index (χ1n) is 5.90. The highest BCUT2D eigenvalue weighted by molar-refractivity contribution is 4.92. The highest BCUT2D eigenvalue weighted by Crippen LogP contribution is 2.36. The van der Waals surface area contributed by atoms with E-state index in [1.54, 1.807) is 0 Å². The molecular weight excluding hydrogens is 174 g/mol. The Morgan fingerprint density at radius 1 is 1.36 bits per heavy atom. The summed E-state index contributed by atoms with van der Waals surface area (Å²) in [6, 6.07) is 0.462. The predicted octanol–water partition coefficient (Wildman–Crippen LogP) is 2.17. The molecule has 2 nitrogen and oxygen atoms in total. The topological polar surface area (TPSA) is 32.3 Å². The van der Waals surface area contributed by atoms with Gasteiger partial charge in [0, 0.05) is 12.6 Å². The molecule has 2 N–H and O–H groups in total. The van der Waals surface area contributed by atoms with Gasteiger partial charge in [0.2, 0.25) is 0 Å². The highest BCUT2D eigenvalue weighted by Gasteiger charge is 2.38. The van der Waals surface area contributed by atoms with E-state index >= 15 is 0 Å². The molecule has 0 aromatic heterocycles. The minimum absolute atomic E-state index is 0.435. The average Bonchev–Trinajstić information content (AvgIpc) is 2.09. The minimum Gasteiger partial charge on any atom is -0.388 e. The molecule has 0 aromatic carbocycles. The van der Waals surface area contributed by atoms with Gasteiger partial charge in [0.05, 0.1) is 5.60 Å². The molecule has 1 aliphatic carbocycles. The maximum Gasteiger partial charge on any atom is 0.0799 e. The fraction of sp³-hybridized carbons (Fsp3) is 1.00. The maximum absolute atomic E-state index is 10.5. The van der Waals surface area contributed by atoms with E-state index in [2.05, 4.69) is 33.0 Å². The molecule has 1 fully saturated rings. The van der Waals surface area contributed by atoms with E-state index in [0.717, 1.165) is 19.4 Å². The summed E-state index contributed by atoms with van der Waals surface area (Å²) in [5.41, 5.74) is -0.470. The molecule has 1 aliphatic rings. The molecule has 0 amide bonds. The van der Waals surface area contributed by atoms with Crippen LogP contribution in [0.4, 0.5) is 0 Å². The van der Waals surface area contributed by atoms with E-state index < -0.39 is 5.60 Å². The first-order valence-corrected chi connectivity index (χ1v) is 5.90. The first-order chi connectivity index (χ1) is 6.44. The number of hydrogen-bond donors (Lipinski definition) is 2. The lowest BCUT2D eigenvalue weighted by atomic mass is 9.72. The molecule has 0 aromatic rings. The van der Waals surface area contributed by atoms with Crippen LogP contribution < -0.4 is 5.32 Å². The quantitative estimate of drug-likeness (QED) is 0.730. The minimum atomic E-state index is -0.470. The average molecular weight is 199 g/mol. The molecule has 0 heterocycles. The molecule has 0 aliphatic heterocycles. The van der Waals surface area contributed by atoms with Crippen molar-refractivity contribution in [1.29, 1.82) is 0 Å². The van der Waals surface area contributed by atoms with Gasteiger partial charge in [-0.05, 0) is 24.7 Å². The van der Waals surface area contributed by atoms with Crippen LogP contribution in [-0.4, -0.2) is 23.3 Å². The summed E-state index contributed by atoms with van der Waals surface area (Å²) in [4.78, 5) is 0. The van der Waals surface area contributed by atoms with Crippen molar-refractivity contribution in [2.24, 2.45) is 11.8 Å². The lowest BCUT2D eigenvalue weighted by Gasteiger charge is -2.41. The van der Waals surface area contributed by atoms with E-state index in [-0.39, 0.29) is 0 Å². The zero-order valence-corrected chi connectivity index (χ0v) is 10.0. The Labute approximate surface area is 88.1 Å². The number of hydrogen-bond acceptors (Lipinski definition) is 2. The first kappa shape index (κ1) is 12.0. The second-order valence-corrected chi connectivity index (χ2v) is 5.43. The summed E-state index contributed by atoms with van der Waals surface area (Å²) < 4.78 is 0. The van der Waals surface area contributed by atoms with Crippen LogP contribution in [0.5, 0.6) is 0 Å². The summed E-state index contributed by atoms with van der Waals surface area (Å²) in [5, 5.41) is 13.9. The Bertz CT molecular complexity index is 181. The van der Waals surface area contributed by atoms with E-state index in [9.17, 15) is 5.11 Å². The molecular formula is C12H25NO. The Balaban J connectivity index is 2.50. The van der Waals surface area contributed by atoms with Crippen molar-refractivity contribution < 1.29 is 5.11 Å². The molecule has 1 rings (SSSR count). The smallest absolute Gasteiger partial charge is 0.0799 e. The molecule has 0 radical (unpaired) electrons.